The Bertz CT molecular complexity index is 854. The minimum absolute atomic E-state index is 0.243. The molecule has 2 aromatic carbocycles. The summed E-state index contributed by atoms with van der Waals surface area (Å²) in [5.41, 5.74) is 1.86. The first-order valence-corrected chi connectivity index (χ1v) is 7.95. The summed E-state index contributed by atoms with van der Waals surface area (Å²) in [5, 5.41) is 9.16. The van der Waals surface area contributed by atoms with Gasteiger partial charge in [0.2, 0.25) is 0 Å². The maximum absolute atomic E-state index is 11.2. The molecule has 5 heteroatoms. The average molecular weight is 324 g/mol. The number of imidazole rings is 1. The number of hydrogen-bond donors (Lipinski definition) is 1. The number of rotatable bonds is 6. The second kappa shape index (κ2) is 6.74. The third kappa shape index (κ3) is 3.40. The van der Waals surface area contributed by atoms with E-state index in [1.54, 1.807) is 12.1 Å². The number of fused-ring (bicyclic) bond motifs is 1. The predicted molar refractivity (Wildman–Crippen MR) is 92.3 cm³/mol. The predicted octanol–water partition coefficient (Wildman–Crippen LogP) is 3.97. The lowest BCUT2D eigenvalue weighted by Crippen LogP contribution is -2.11. The summed E-state index contributed by atoms with van der Waals surface area (Å²) in [6.45, 7) is 5.42. The largest absolute Gasteiger partial charge is 0.486 e. The van der Waals surface area contributed by atoms with E-state index in [-0.39, 0.29) is 5.56 Å². The number of benzene rings is 2. The molecule has 0 atom stereocenters. The van der Waals surface area contributed by atoms with E-state index >= 15 is 0 Å². The number of carboxylic acids is 1. The van der Waals surface area contributed by atoms with E-state index in [0.29, 0.717) is 18.0 Å². The van der Waals surface area contributed by atoms with Gasteiger partial charge in [0.25, 0.3) is 0 Å². The lowest BCUT2D eigenvalue weighted by molar-refractivity contribution is 0.0697. The molecule has 0 saturated heterocycles. The molecule has 3 aromatic rings. The molecule has 0 aliphatic heterocycles. The van der Waals surface area contributed by atoms with Gasteiger partial charge in [0.15, 0.2) is 0 Å². The monoisotopic (exact) mass is 324 g/mol. The second-order valence-corrected chi connectivity index (χ2v) is 6.14. The number of hydrogen-bond acceptors (Lipinski definition) is 3. The quantitative estimate of drug-likeness (QED) is 0.745. The van der Waals surface area contributed by atoms with E-state index < -0.39 is 5.97 Å². The first-order chi connectivity index (χ1) is 11.5. The van der Waals surface area contributed by atoms with Crippen LogP contribution in [0.5, 0.6) is 5.75 Å². The van der Waals surface area contributed by atoms with Gasteiger partial charge in [-0.15, -0.1) is 0 Å². The minimum atomic E-state index is -0.947. The lowest BCUT2D eigenvalue weighted by atomic mass is 10.2. The van der Waals surface area contributed by atoms with Crippen LogP contribution in [0.15, 0.2) is 48.5 Å². The van der Waals surface area contributed by atoms with Crippen molar-refractivity contribution in [3.05, 3.63) is 59.9 Å². The summed E-state index contributed by atoms with van der Waals surface area (Å²) in [6.07, 6.45) is 0. The highest BCUT2D eigenvalue weighted by Gasteiger charge is 2.14. The van der Waals surface area contributed by atoms with Crippen molar-refractivity contribution in [2.75, 3.05) is 0 Å². The van der Waals surface area contributed by atoms with E-state index in [9.17, 15) is 4.79 Å². The summed E-state index contributed by atoms with van der Waals surface area (Å²) >= 11 is 0. The fraction of sp³-hybridized carbons (Fsp3) is 0.263. The van der Waals surface area contributed by atoms with Gasteiger partial charge < -0.3 is 14.4 Å². The van der Waals surface area contributed by atoms with Crippen LogP contribution >= 0.6 is 0 Å². The Morgan fingerprint density at radius 1 is 1.21 bits per heavy atom. The zero-order valence-corrected chi connectivity index (χ0v) is 13.8. The molecular formula is C19H20N2O3. The van der Waals surface area contributed by atoms with Crippen molar-refractivity contribution in [3.63, 3.8) is 0 Å². The van der Waals surface area contributed by atoms with Crippen molar-refractivity contribution in [3.8, 4) is 5.75 Å². The van der Waals surface area contributed by atoms with Gasteiger partial charge in [0, 0.05) is 6.54 Å². The topological polar surface area (TPSA) is 64.4 Å². The zero-order chi connectivity index (χ0) is 17.1. The number of carboxylic acid groups (broad SMARTS) is 1. The molecule has 24 heavy (non-hydrogen) atoms. The van der Waals surface area contributed by atoms with Gasteiger partial charge in [-0.3, -0.25) is 0 Å². The van der Waals surface area contributed by atoms with Crippen LogP contribution in [0, 0.1) is 5.92 Å². The lowest BCUT2D eigenvalue weighted by Gasteiger charge is -2.12. The van der Waals surface area contributed by atoms with Gasteiger partial charge >= 0.3 is 5.97 Å². The summed E-state index contributed by atoms with van der Waals surface area (Å²) in [6, 6.07) is 14.6. The molecular weight excluding hydrogens is 304 g/mol. The highest BCUT2D eigenvalue weighted by Crippen LogP contribution is 2.21. The summed E-state index contributed by atoms with van der Waals surface area (Å²) in [4.78, 5) is 15.8. The normalized spacial score (nSPS) is 11.1. The Morgan fingerprint density at radius 3 is 2.62 bits per heavy atom. The molecule has 0 aliphatic rings. The fourth-order valence-corrected chi connectivity index (χ4v) is 2.66. The number of nitrogens with zero attached hydrogens (tertiary/aromatic N) is 2. The highest BCUT2D eigenvalue weighted by atomic mass is 16.5. The average Bonchev–Trinajstić information content (AvgIpc) is 2.90. The van der Waals surface area contributed by atoms with Crippen LogP contribution < -0.4 is 4.74 Å². The van der Waals surface area contributed by atoms with Gasteiger partial charge in [0.1, 0.15) is 18.2 Å². The Kier molecular flexibility index (Phi) is 4.51. The molecule has 0 radical (unpaired) electrons. The van der Waals surface area contributed by atoms with E-state index in [0.717, 1.165) is 23.6 Å². The van der Waals surface area contributed by atoms with Crippen molar-refractivity contribution in [1.82, 2.24) is 9.55 Å². The number of aromatic carboxylic acids is 1. The maximum Gasteiger partial charge on any atom is 0.335 e. The van der Waals surface area contributed by atoms with Crippen LogP contribution in [0.3, 0.4) is 0 Å². The van der Waals surface area contributed by atoms with Gasteiger partial charge in [0.05, 0.1) is 16.6 Å². The molecule has 124 valence electrons. The van der Waals surface area contributed by atoms with Crippen molar-refractivity contribution in [1.29, 1.82) is 0 Å². The molecule has 0 aliphatic carbocycles. The molecule has 1 heterocycles. The molecule has 0 unspecified atom stereocenters. The Morgan fingerprint density at radius 2 is 1.96 bits per heavy atom. The number of para-hydroxylation sites is 1. The van der Waals surface area contributed by atoms with Crippen molar-refractivity contribution < 1.29 is 14.6 Å². The van der Waals surface area contributed by atoms with E-state index in [1.807, 2.05) is 36.4 Å². The molecule has 0 saturated carbocycles. The molecule has 0 spiro atoms. The van der Waals surface area contributed by atoms with Crippen LogP contribution in [0.4, 0.5) is 0 Å². The van der Waals surface area contributed by atoms with Crippen LogP contribution in [0.1, 0.15) is 30.0 Å². The van der Waals surface area contributed by atoms with Gasteiger partial charge in [-0.1, -0.05) is 32.0 Å². The maximum atomic E-state index is 11.2. The Balaban J connectivity index is 1.96. The third-order valence-corrected chi connectivity index (χ3v) is 3.73. The van der Waals surface area contributed by atoms with Crippen molar-refractivity contribution in [2.24, 2.45) is 5.92 Å². The Hall–Kier alpha value is -2.82. The Labute approximate surface area is 140 Å². The first-order valence-electron chi connectivity index (χ1n) is 7.95. The fourth-order valence-electron chi connectivity index (χ4n) is 2.66. The summed E-state index contributed by atoms with van der Waals surface area (Å²) in [5.74, 6) is 1.08. The molecule has 0 amide bonds. The molecule has 0 bridgehead atoms. The third-order valence-electron chi connectivity index (χ3n) is 3.73. The number of carbonyl (C=O) groups is 1. The number of ether oxygens (including phenoxy) is 1. The molecule has 5 nitrogen and oxygen atoms in total. The van der Waals surface area contributed by atoms with Crippen LogP contribution in [-0.4, -0.2) is 20.6 Å². The van der Waals surface area contributed by atoms with Crippen molar-refractivity contribution in [2.45, 2.75) is 27.0 Å². The standard InChI is InChI=1S/C19H20N2O3/c1-13(2)11-21-17-9-8-14(19(22)23)10-16(17)20-18(21)12-24-15-6-4-3-5-7-15/h3-10,13H,11-12H2,1-2H3,(H,22,23). The summed E-state index contributed by atoms with van der Waals surface area (Å²) in [7, 11) is 0. The highest BCUT2D eigenvalue weighted by molar-refractivity contribution is 5.92. The van der Waals surface area contributed by atoms with Crippen molar-refractivity contribution >= 4 is 17.0 Å². The van der Waals surface area contributed by atoms with Crippen LogP contribution in [0.2, 0.25) is 0 Å². The zero-order valence-electron chi connectivity index (χ0n) is 13.8. The molecule has 3 rings (SSSR count). The number of aromatic nitrogens is 2. The van der Waals surface area contributed by atoms with E-state index in [2.05, 4.69) is 23.4 Å². The molecule has 0 fully saturated rings. The van der Waals surface area contributed by atoms with E-state index in [4.69, 9.17) is 9.84 Å². The van der Waals surface area contributed by atoms with Gasteiger partial charge in [-0.05, 0) is 36.2 Å². The molecule has 1 N–H and O–H groups in total. The summed E-state index contributed by atoms with van der Waals surface area (Å²) < 4.78 is 7.93. The molecule has 1 aromatic heterocycles. The van der Waals surface area contributed by atoms with Crippen LogP contribution in [-0.2, 0) is 13.2 Å². The van der Waals surface area contributed by atoms with E-state index in [1.165, 1.54) is 0 Å². The van der Waals surface area contributed by atoms with Gasteiger partial charge in [-0.25, -0.2) is 9.78 Å². The van der Waals surface area contributed by atoms with Gasteiger partial charge in [-0.2, -0.15) is 0 Å². The minimum Gasteiger partial charge on any atom is -0.486 e. The first kappa shape index (κ1) is 16.1. The second-order valence-electron chi connectivity index (χ2n) is 6.14. The smallest absolute Gasteiger partial charge is 0.335 e. The van der Waals surface area contributed by atoms with Crippen LogP contribution in [0.25, 0.3) is 11.0 Å². The SMILES string of the molecule is CC(C)Cn1c(COc2ccccc2)nc2cc(C(=O)O)ccc21.